The first kappa shape index (κ1) is 16.5. The Morgan fingerprint density at radius 3 is 2.35 bits per heavy atom. The highest BCUT2D eigenvalue weighted by Crippen LogP contribution is 2.22. The summed E-state index contributed by atoms with van der Waals surface area (Å²) in [5.41, 5.74) is 1.07. The molecule has 2 amide bonds. The number of nitrogens with one attached hydrogen (secondary N) is 2. The lowest BCUT2D eigenvalue weighted by molar-refractivity contribution is -0.141. The standard InChI is InChI=1S/C14H19BrN2O3/c1-8-5-6-9(7-10(8)15)16-13(20)17-11(12(18)19)14(2,3)4/h5-7,11H,1-4H3,(H,18,19)(H2,16,17,20). The van der Waals surface area contributed by atoms with Crippen molar-refractivity contribution in [2.45, 2.75) is 33.7 Å². The molecular weight excluding hydrogens is 324 g/mol. The van der Waals surface area contributed by atoms with Crippen LogP contribution in [0, 0.1) is 12.3 Å². The van der Waals surface area contributed by atoms with Crippen molar-refractivity contribution in [3.8, 4) is 0 Å². The van der Waals surface area contributed by atoms with Crippen LogP contribution < -0.4 is 10.6 Å². The molecule has 6 heteroatoms. The van der Waals surface area contributed by atoms with Gasteiger partial charge in [0.1, 0.15) is 6.04 Å². The Morgan fingerprint density at radius 1 is 1.30 bits per heavy atom. The SMILES string of the molecule is Cc1ccc(NC(=O)NC(C(=O)O)C(C)(C)C)cc1Br. The van der Waals surface area contributed by atoms with Gasteiger partial charge in [0, 0.05) is 10.2 Å². The first-order chi connectivity index (χ1) is 9.11. The third-order valence-electron chi connectivity index (χ3n) is 2.82. The van der Waals surface area contributed by atoms with Crippen molar-refractivity contribution in [2.24, 2.45) is 5.41 Å². The van der Waals surface area contributed by atoms with Crippen molar-refractivity contribution in [1.82, 2.24) is 5.32 Å². The Morgan fingerprint density at radius 2 is 1.90 bits per heavy atom. The summed E-state index contributed by atoms with van der Waals surface area (Å²) < 4.78 is 0.876. The molecule has 20 heavy (non-hydrogen) atoms. The number of carbonyl (C=O) groups is 2. The van der Waals surface area contributed by atoms with Gasteiger partial charge in [-0.25, -0.2) is 9.59 Å². The largest absolute Gasteiger partial charge is 0.480 e. The second-order valence-corrected chi connectivity index (χ2v) is 6.55. The van der Waals surface area contributed by atoms with Crippen molar-refractivity contribution in [2.75, 3.05) is 5.32 Å². The molecule has 110 valence electrons. The fourth-order valence-corrected chi connectivity index (χ4v) is 2.00. The van der Waals surface area contributed by atoms with E-state index in [1.165, 1.54) is 0 Å². The zero-order valence-electron chi connectivity index (χ0n) is 12.0. The minimum atomic E-state index is -1.06. The fraction of sp³-hybridized carbons (Fsp3) is 0.429. The highest BCUT2D eigenvalue weighted by Gasteiger charge is 2.32. The molecule has 1 aromatic rings. The maximum absolute atomic E-state index is 11.9. The molecule has 0 radical (unpaired) electrons. The lowest BCUT2D eigenvalue weighted by Crippen LogP contribution is -2.50. The molecule has 0 bridgehead atoms. The normalized spacial score (nSPS) is 12.7. The van der Waals surface area contributed by atoms with Crippen molar-refractivity contribution >= 4 is 33.6 Å². The van der Waals surface area contributed by atoms with Crippen LogP contribution in [-0.4, -0.2) is 23.1 Å². The van der Waals surface area contributed by atoms with Gasteiger partial charge < -0.3 is 15.7 Å². The number of amides is 2. The Labute approximate surface area is 126 Å². The molecule has 1 rings (SSSR count). The predicted octanol–water partition coefficient (Wildman–Crippen LogP) is 3.38. The summed E-state index contributed by atoms with van der Waals surface area (Å²) in [6, 6.07) is 3.88. The van der Waals surface area contributed by atoms with Gasteiger partial charge in [-0.15, -0.1) is 0 Å². The number of carboxylic acids is 1. The summed E-state index contributed by atoms with van der Waals surface area (Å²) in [4.78, 5) is 23.1. The van der Waals surface area contributed by atoms with Gasteiger partial charge in [0.2, 0.25) is 0 Å². The number of carbonyl (C=O) groups excluding carboxylic acids is 1. The van der Waals surface area contributed by atoms with Crippen molar-refractivity contribution in [3.63, 3.8) is 0 Å². The van der Waals surface area contributed by atoms with E-state index in [4.69, 9.17) is 5.11 Å². The Kier molecular flexibility index (Phi) is 5.16. The van der Waals surface area contributed by atoms with E-state index in [9.17, 15) is 9.59 Å². The summed E-state index contributed by atoms with van der Waals surface area (Å²) in [6.07, 6.45) is 0. The number of carboxylic acid groups (broad SMARTS) is 1. The van der Waals surface area contributed by atoms with Gasteiger partial charge in [0.05, 0.1) is 0 Å². The van der Waals surface area contributed by atoms with Crippen molar-refractivity contribution in [3.05, 3.63) is 28.2 Å². The fourth-order valence-electron chi connectivity index (χ4n) is 1.62. The third-order valence-corrected chi connectivity index (χ3v) is 3.67. The molecule has 0 aliphatic heterocycles. The number of aryl methyl sites for hydroxylation is 1. The number of urea groups is 1. The van der Waals surface area contributed by atoms with E-state index < -0.39 is 23.5 Å². The summed E-state index contributed by atoms with van der Waals surface area (Å²) in [7, 11) is 0. The third kappa shape index (κ3) is 4.52. The lowest BCUT2D eigenvalue weighted by Gasteiger charge is -2.27. The monoisotopic (exact) mass is 342 g/mol. The molecule has 0 aliphatic carbocycles. The molecule has 0 aliphatic rings. The summed E-state index contributed by atoms with van der Waals surface area (Å²) in [5, 5.41) is 14.3. The van der Waals surface area contributed by atoms with E-state index in [0.717, 1.165) is 10.0 Å². The van der Waals surface area contributed by atoms with Gasteiger partial charge in [0.15, 0.2) is 0 Å². The van der Waals surface area contributed by atoms with Gasteiger partial charge in [-0.2, -0.15) is 0 Å². The van der Waals surface area contributed by atoms with Crippen LogP contribution in [0.4, 0.5) is 10.5 Å². The molecule has 1 unspecified atom stereocenters. The number of hydrogen-bond donors (Lipinski definition) is 3. The van der Waals surface area contributed by atoms with Crippen molar-refractivity contribution < 1.29 is 14.7 Å². The van der Waals surface area contributed by atoms with Crippen LogP contribution in [0.3, 0.4) is 0 Å². The van der Waals surface area contributed by atoms with Crippen LogP contribution in [-0.2, 0) is 4.79 Å². The average Bonchev–Trinajstić information content (AvgIpc) is 2.29. The van der Waals surface area contributed by atoms with E-state index in [1.807, 2.05) is 13.0 Å². The number of benzene rings is 1. The van der Waals surface area contributed by atoms with E-state index in [1.54, 1.807) is 32.9 Å². The Balaban J connectivity index is 2.76. The molecule has 3 N–H and O–H groups in total. The lowest BCUT2D eigenvalue weighted by atomic mass is 9.87. The zero-order valence-corrected chi connectivity index (χ0v) is 13.5. The molecule has 0 spiro atoms. The summed E-state index contributed by atoms with van der Waals surface area (Å²) in [5.74, 6) is -1.06. The van der Waals surface area contributed by atoms with Crippen LogP contribution in [0.1, 0.15) is 26.3 Å². The number of halogens is 1. The highest BCUT2D eigenvalue weighted by molar-refractivity contribution is 9.10. The van der Waals surface area contributed by atoms with Crippen molar-refractivity contribution in [1.29, 1.82) is 0 Å². The Bertz CT molecular complexity index is 524. The van der Waals surface area contributed by atoms with E-state index in [2.05, 4.69) is 26.6 Å². The molecule has 0 aromatic heterocycles. The smallest absolute Gasteiger partial charge is 0.326 e. The van der Waals surface area contributed by atoms with E-state index >= 15 is 0 Å². The van der Waals surface area contributed by atoms with E-state index in [-0.39, 0.29) is 0 Å². The molecular formula is C14H19BrN2O3. The zero-order chi connectivity index (χ0) is 15.5. The van der Waals surface area contributed by atoms with Crippen LogP contribution in [0.5, 0.6) is 0 Å². The first-order valence-electron chi connectivity index (χ1n) is 6.17. The van der Waals surface area contributed by atoms with Gasteiger partial charge in [0.25, 0.3) is 0 Å². The van der Waals surface area contributed by atoms with Crippen LogP contribution in [0.2, 0.25) is 0 Å². The average molecular weight is 343 g/mol. The van der Waals surface area contributed by atoms with Crippen LogP contribution in [0.25, 0.3) is 0 Å². The second kappa shape index (κ2) is 6.26. The quantitative estimate of drug-likeness (QED) is 0.787. The molecule has 5 nitrogen and oxygen atoms in total. The number of hydrogen-bond acceptors (Lipinski definition) is 2. The number of aliphatic carboxylic acids is 1. The molecule has 1 aromatic carbocycles. The molecule has 0 saturated heterocycles. The maximum atomic E-state index is 11.9. The van der Waals surface area contributed by atoms with Gasteiger partial charge >= 0.3 is 12.0 Å². The first-order valence-corrected chi connectivity index (χ1v) is 6.97. The topological polar surface area (TPSA) is 78.4 Å². The summed E-state index contributed by atoms with van der Waals surface area (Å²) in [6.45, 7) is 7.21. The number of rotatable bonds is 3. The molecule has 0 fully saturated rings. The van der Waals surface area contributed by atoms with Gasteiger partial charge in [-0.1, -0.05) is 42.8 Å². The van der Waals surface area contributed by atoms with Gasteiger partial charge in [-0.3, -0.25) is 0 Å². The molecule has 0 saturated carbocycles. The summed E-state index contributed by atoms with van der Waals surface area (Å²) >= 11 is 3.38. The maximum Gasteiger partial charge on any atom is 0.326 e. The van der Waals surface area contributed by atoms with Crippen LogP contribution >= 0.6 is 15.9 Å². The highest BCUT2D eigenvalue weighted by atomic mass is 79.9. The Hall–Kier alpha value is -1.56. The minimum absolute atomic E-state index is 0.539. The molecule has 1 atom stereocenters. The minimum Gasteiger partial charge on any atom is -0.480 e. The van der Waals surface area contributed by atoms with Gasteiger partial charge in [-0.05, 0) is 30.0 Å². The molecule has 0 heterocycles. The number of anilines is 1. The predicted molar refractivity (Wildman–Crippen MR) is 81.9 cm³/mol. The van der Waals surface area contributed by atoms with E-state index in [0.29, 0.717) is 5.69 Å². The second-order valence-electron chi connectivity index (χ2n) is 5.70. The van der Waals surface area contributed by atoms with Crippen LogP contribution in [0.15, 0.2) is 22.7 Å².